The second-order valence-electron chi connectivity index (χ2n) is 7.25. The Labute approximate surface area is 158 Å². The summed E-state index contributed by atoms with van der Waals surface area (Å²) in [6.07, 6.45) is 3.18. The van der Waals surface area contributed by atoms with Gasteiger partial charge in [-0.05, 0) is 56.8 Å². The van der Waals surface area contributed by atoms with Gasteiger partial charge in [0.15, 0.2) is 0 Å². The van der Waals surface area contributed by atoms with Crippen LogP contribution in [0.3, 0.4) is 0 Å². The molecule has 2 heterocycles. The molecule has 2 fully saturated rings. The van der Waals surface area contributed by atoms with Crippen molar-refractivity contribution in [3.63, 3.8) is 0 Å². The molecule has 1 aliphatic heterocycles. The summed E-state index contributed by atoms with van der Waals surface area (Å²) in [6, 6.07) is 7.29. The molecule has 1 atom stereocenters. The number of nitrogens with zero attached hydrogens (tertiary/aromatic N) is 2. The lowest BCUT2D eigenvalue weighted by atomic mass is 9.91. The highest BCUT2D eigenvalue weighted by atomic mass is 35.5. The number of hydrogen-bond acceptors (Lipinski definition) is 4. The molecule has 7 heteroatoms. The molecule has 1 spiro atoms. The SMILES string of the molecule is CCN(Cc1nc2ccccc2c(=O)[nH]1)C(=O)C1CC12CCNCC2.Cl. The Balaban J connectivity index is 0.00000196. The maximum absolute atomic E-state index is 12.9. The van der Waals surface area contributed by atoms with Crippen molar-refractivity contribution in [2.45, 2.75) is 32.7 Å². The van der Waals surface area contributed by atoms with Gasteiger partial charge in [-0.2, -0.15) is 0 Å². The summed E-state index contributed by atoms with van der Waals surface area (Å²) in [6.45, 7) is 4.99. The van der Waals surface area contributed by atoms with Crippen molar-refractivity contribution in [2.24, 2.45) is 11.3 Å². The standard InChI is InChI=1S/C19H24N4O2.ClH/c1-2-23(18(25)14-11-19(14)7-9-20-10-8-19)12-16-21-15-6-4-3-5-13(15)17(24)22-16;/h3-6,14,20H,2,7-12H2,1H3,(H,21,22,24);1H. The summed E-state index contributed by atoms with van der Waals surface area (Å²) in [5.74, 6) is 0.904. The van der Waals surface area contributed by atoms with Gasteiger partial charge in [0.25, 0.3) is 5.56 Å². The van der Waals surface area contributed by atoms with E-state index in [1.165, 1.54) is 0 Å². The molecule has 26 heavy (non-hydrogen) atoms. The number of aromatic amines is 1. The number of para-hydroxylation sites is 1. The minimum Gasteiger partial charge on any atom is -0.335 e. The summed E-state index contributed by atoms with van der Waals surface area (Å²) in [7, 11) is 0. The summed E-state index contributed by atoms with van der Waals surface area (Å²) < 4.78 is 0. The average Bonchev–Trinajstić information content (AvgIpc) is 3.32. The van der Waals surface area contributed by atoms with E-state index in [0.717, 1.165) is 32.4 Å². The molecule has 1 saturated carbocycles. The molecule has 0 radical (unpaired) electrons. The van der Waals surface area contributed by atoms with Gasteiger partial charge in [0.1, 0.15) is 5.82 Å². The summed E-state index contributed by atoms with van der Waals surface area (Å²) in [4.78, 5) is 34.4. The fourth-order valence-electron chi connectivity index (χ4n) is 4.13. The van der Waals surface area contributed by atoms with Crippen molar-refractivity contribution in [1.82, 2.24) is 20.2 Å². The normalized spacial score (nSPS) is 20.6. The zero-order valence-electron chi connectivity index (χ0n) is 15.0. The van der Waals surface area contributed by atoms with Crippen molar-refractivity contribution < 1.29 is 4.79 Å². The predicted octanol–water partition coefficient (Wildman–Crippen LogP) is 2.08. The molecule has 1 saturated heterocycles. The first-order chi connectivity index (χ1) is 12.1. The molecule has 4 rings (SSSR count). The van der Waals surface area contributed by atoms with E-state index in [2.05, 4.69) is 15.3 Å². The first-order valence-corrected chi connectivity index (χ1v) is 9.10. The molecule has 1 aliphatic carbocycles. The highest BCUT2D eigenvalue weighted by molar-refractivity contribution is 5.85. The number of carbonyl (C=O) groups excluding carboxylic acids is 1. The summed E-state index contributed by atoms with van der Waals surface area (Å²) >= 11 is 0. The van der Waals surface area contributed by atoms with E-state index in [0.29, 0.717) is 29.8 Å². The van der Waals surface area contributed by atoms with E-state index in [4.69, 9.17) is 0 Å². The molecule has 1 aromatic heterocycles. The zero-order valence-corrected chi connectivity index (χ0v) is 15.8. The van der Waals surface area contributed by atoms with Gasteiger partial charge in [0, 0.05) is 12.5 Å². The van der Waals surface area contributed by atoms with Crippen LogP contribution in [0, 0.1) is 11.3 Å². The van der Waals surface area contributed by atoms with Gasteiger partial charge in [-0.1, -0.05) is 12.1 Å². The van der Waals surface area contributed by atoms with Crippen LogP contribution >= 0.6 is 12.4 Å². The molecular formula is C19H25ClN4O2. The van der Waals surface area contributed by atoms with Crippen LogP contribution in [0.1, 0.15) is 32.0 Å². The topological polar surface area (TPSA) is 78.1 Å². The van der Waals surface area contributed by atoms with E-state index < -0.39 is 0 Å². The largest absolute Gasteiger partial charge is 0.335 e. The number of H-pyrrole nitrogens is 1. The third-order valence-corrected chi connectivity index (χ3v) is 5.78. The Morgan fingerprint density at radius 1 is 1.31 bits per heavy atom. The van der Waals surface area contributed by atoms with Gasteiger partial charge in [-0.3, -0.25) is 9.59 Å². The highest BCUT2D eigenvalue weighted by Gasteiger charge is 2.58. The minimum atomic E-state index is -0.148. The Bertz CT molecular complexity index is 860. The number of nitrogens with one attached hydrogen (secondary N) is 2. The Morgan fingerprint density at radius 3 is 2.77 bits per heavy atom. The van der Waals surface area contributed by atoms with Gasteiger partial charge in [-0.15, -0.1) is 12.4 Å². The molecule has 0 bridgehead atoms. The van der Waals surface area contributed by atoms with Crippen LogP contribution in [0.25, 0.3) is 10.9 Å². The van der Waals surface area contributed by atoms with Gasteiger partial charge in [-0.25, -0.2) is 4.98 Å². The maximum Gasteiger partial charge on any atom is 0.258 e. The van der Waals surface area contributed by atoms with Gasteiger partial charge >= 0.3 is 0 Å². The monoisotopic (exact) mass is 376 g/mol. The fraction of sp³-hybridized carbons (Fsp3) is 0.526. The predicted molar refractivity (Wildman–Crippen MR) is 103 cm³/mol. The van der Waals surface area contributed by atoms with E-state index in [1.807, 2.05) is 30.0 Å². The number of amides is 1. The van der Waals surface area contributed by atoms with E-state index in [-0.39, 0.29) is 35.2 Å². The van der Waals surface area contributed by atoms with Crippen LogP contribution in [-0.4, -0.2) is 40.4 Å². The number of hydrogen-bond donors (Lipinski definition) is 2. The van der Waals surface area contributed by atoms with Crippen molar-refractivity contribution in [2.75, 3.05) is 19.6 Å². The smallest absolute Gasteiger partial charge is 0.258 e. The van der Waals surface area contributed by atoms with Crippen molar-refractivity contribution >= 4 is 29.2 Å². The van der Waals surface area contributed by atoms with Crippen LogP contribution in [0.4, 0.5) is 0 Å². The van der Waals surface area contributed by atoms with E-state index in [1.54, 1.807) is 6.07 Å². The summed E-state index contributed by atoms with van der Waals surface area (Å²) in [5.41, 5.74) is 0.747. The minimum absolute atomic E-state index is 0. The quantitative estimate of drug-likeness (QED) is 0.856. The molecular weight excluding hydrogens is 352 g/mol. The van der Waals surface area contributed by atoms with Crippen LogP contribution in [0.15, 0.2) is 29.1 Å². The number of halogens is 1. The number of piperidine rings is 1. The number of carbonyl (C=O) groups is 1. The lowest BCUT2D eigenvalue weighted by molar-refractivity contribution is -0.134. The summed E-state index contributed by atoms with van der Waals surface area (Å²) in [5, 5.41) is 3.95. The lowest BCUT2D eigenvalue weighted by Gasteiger charge is -2.26. The molecule has 1 amide bonds. The van der Waals surface area contributed by atoms with Crippen molar-refractivity contribution in [3.8, 4) is 0 Å². The third-order valence-electron chi connectivity index (χ3n) is 5.78. The lowest BCUT2D eigenvalue weighted by Crippen LogP contribution is -2.36. The van der Waals surface area contributed by atoms with Crippen LogP contribution in [0.5, 0.6) is 0 Å². The van der Waals surface area contributed by atoms with Crippen molar-refractivity contribution in [1.29, 1.82) is 0 Å². The Hall–Kier alpha value is -1.92. The number of rotatable bonds is 4. The first-order valence-electron chi connectivity index (χ1n) is 9.10. The molecule has 1 aromatic carbocycles. The number of fused-ring (bicyclic) bond motifs is 1. The first kappa shape index (κ1) is 18.9. The van der Waals surface area contributed by atoms with Crippen LogP contribution in [0.2, 0.25) is 0 Å². The average molecular weight is 377 g/mol. The second-order valence-corrected chi connectivity index (χ2v) is 7.25. The Kier molecular flexibility index (Phi) is 5.34. The maximum atomic E-state index is 12.9. The highest BCUT2D eigenvalue weighted by Crippen LogP contribution is 2.59. The Morgan fingerprint density at radius 2 is 2.04 bits per heavy atom. The van der Waals surface area contributed by atoms with Crippen LogP contribution < -0.4 is 10.9 Å². The second kappa shape index (κ2) is 7.37. The van der Waals surface area contributed by atoms with E-state index in [9.17, 15) is 9.59 Å². The van der Waals surface area contributed by atoms with Crippen LogP contribution in [-0.2, 0) is 11.3 Å². The number of aromatic nitrogens is 2. The van der Waals surface area contributed by atoms with Gasteiger partial charge in [0.2, 0.25) is 5.91 Å². The molecule has 2 aliphatic rings. The van der Waals surface area contributed by atoms with Gasteiger partial charge in [0.05, 0.1) is 17.4 Å². The van der Waals surface area contributed by atoms with Crippen molar-refractivity contribution in [3.05, 3.63) is 40.4 Å². The molecule has 140 valence electrons. The molecule has 2 aromatic rings. The fourth-order valence-corrected chi connectivity index (χ4v) is 4.13. The molecule has 1 unspecified atom stereocenters. The molecule has 6 nitrogen and oxygen atoms in total. The zero-order chi connectivity index (χ0) is 17.4. The van der Waals surface area contributed by atoms with Gasteiger partial charge < -0.3 is 15.2 Å². The van der Waals surface area contributed by atoms with E-state index >= 15 is 0 Å². The number of benzene rings is 1. The third kappa shape index (κ3) is 3.35. The molecule has 2 N–H and O–H groups in total.